The summed E-state index contributed by atoms with van der Waals surface area (Å²) in [6.07, 6.45) is 0. The van der Waals surface area contributed by atoms with Crippen LogP contribution in [0.1, 0.15) is 10.4 Å². The fourth-order valence-electron chi connectivity index (χ4n) is 2.64. The maximum Gasteiger partial charge on any atom is 0.261 e. The lowest BCUT2D eigenvalue weighted by Crippen LogP contribution is -2.14. The third-order valence-corrected chi connectivity index (χ3v) is 5.93. The van der Waals surface area contributed by atoms with Crippen molar-refractivity contribution in [1.82, 2.24) is 0 Å². The SMILES string of the molecule is COc1ccc(NC(=O)c2ccc(NS(=O)(=O)c3ccc(F)c(Cl)c3)cc2)c(OC)c1. The molecule has 0 aliphatic heterocycles. The van der Waals surface area contributed by atoms with Crippen LogP contribution >= 0.6 is 11.6 Å². The van der Waals surface area contributed by atoms with Gasteiger partial charge in [-0.1, -0.05) is 11.6 Å². The predicted molar refractivity (Wildman–Crippen MR) is 116 cm³/mol. The normalized spacial score (nSPS) is 11.0. The van der Waals surface area contributed by atoms with E-state index in [2.05, 4.69) is 10.0 Å². The highest BCUT2D eigenvalue weighted by Crippen LogP contribution is 2.29. The van der Waals surface area contributed by atoms with Crippen molar-refractivity contribution in [3.8, 4) is 11.5 Å². The number of hydrogen-bond acceptors (Lipinski definition) is 5. The van der Waals surface area contributed by atoms with Gasteiger partial charge in [-0.2, -0.15) is 0 Å². The molecular formula is C21H18ClFN2O5S. The van der Waals surface area contributed by atoms with Gasteiger partial charge in [0.05, 0.1) is 29.8 Å². The van der Waals surface area contributed by atoms with Crippen molar-refractivity contribution in [2.24, 2.45) is 0 Å². The molecule has 0 saturated carbocycles. The van der Waals surface area contributed by atoms with Gasteiger partial charge in [-0.15, -0.1) is 0 Å². The van der Waals surface area contributed by atoms with Crippen LogP contribution in [-0.4, -0.2) is 28.5 Å². The number of sulfonamides is 1. The van der Waals surface area contributed by atoms with Crippen molar-refractivity contribution in [1.29, 1.82) is 0 Å². The average molecular weight is 465 g/mol. The summed E-state index contributed by atoms with van der Waals surface area (Å²) in [5, 5.41) is 2.42. The summed E-state index contributed by atoms with van der Waals surface area (Å²) in [5.74, 6) is -0.128. The van der Waals surface area contributed by atoms with E-state index >= 15 is 0 Å². The first-order valence-corrected chi connectivity index (χ1v) is 10.7. The van der Waals surface area contributed by atoms with Gasteiger partial charge in [0.25, 0.3) is 15.9 Å². The number of benzene rings is 3. The fraction of sp³-hybridized carbons (Fsp3) is 0.0952. The van der Waals surface area contributed by atoms with E-state index in [0.29, 0.717) is 22.7 Å². The fourth-order valence-corrected chi connectivity index (χ4v) is 3.97. The molecule has 31 heavy (non-hydrogen) atoms. The molecule has 0 unspecified atom stereocenters. The Morgan fingerprint density at radius 3 is 2.29 bits per heavy atom. The largest absolute Gasteiger partial charge is 0.497 e. The number of nitrogens with one attached hydrogen (secondary N) is 2. The number of carbonyl (C=O) groups excluding carboxylic acids is 1. The molecule has 3 rings (SSSR count). The lowest BCUT2D eigenvalue weighted by molar-refractivity contribution is 0.102. The van der Waals surface area contributed by atoms with Crippen LogP contribution in [0.2, 0.25) is 5.02 Å². The van der Waals surface area contributed by atoms with Crippen LogP contribution in [0.15, 0.2) is 65.6 Å². The number of hydrogen-bond donors (Lipinski definition) is 2. The zero-order valence-electron chi connectivity index (χ0n) is 16.5. The van der Waals surface area contributed by atoms with E-state index in [9.17, 15) is 17.6 Å². The van der Waals surface area contributed by atoms with Crippen molar-refractivity contribution in [3.63, 3.8) is 0 Å². The molecule has 0 fully saturated rings. The Morgan fingerprint density at radius 2 is 1.68 bits per heavy atom. The molecular weight excluding hydrogens is 447 g/mol. The van der Waals surface area contributed by atoms with E-state index in [0.717, 1.165) is 18.2 Å². The molecule has 0 atom stereocenters. The van der Waals surface area contributed by atoms with Gasteiger partial charge >= 0.3 is 0 Å². The molecule has 0 aliphatic rings. The lowest BCUT2D eigenvalue weighted by atomic mass is 10.2. The standard InChI is InChI=1S/C21H18ClFN2O5S/c1-29-15-7-10-19(20(11-15)30-2)24-21(26)13-3-5-14(6-4-13)25-31(27,28)16-8-9-18(23)17(22)12-16/h3-12,25H,1-2H3,(H,24,26). The van der Waals surface area contributed by atoms with E-state index in [1.54, 1.807) is 18.2 Å². The van der Waals surface area contributed by atoms with E-state index in [1.807, 2.05) is 0 Å². The van der Waals surface area contributed by atoms with E-state index in [1.165, 1.54) is 38.5 Å². The molecule has 0 saturated heterocycles. The molecule has 162 valence electrons. The summed E-state index contributed by atoms with van der Waals surface area (Å²) in [6, 6.07) is 13.8. The highest BCUT2D eigenvalue weighted by atomic mass is 35.5. The molecule has 3 aromatic carbocycles. The lowest BCUT2D eigenvalue weighted by Gasteiger charge is -2.12. The second-order valence-corrected chi connectivity index (χ2v) is 8.37. The minimum Gasteiger partial charge on any atom is -0.497 e. The summed E-state index contributed by atoms with van der Waals surface area (Å²) < 4.78 is 50.9. The topological polar surface area (TPSA) is 93.7 Å². The van der Waals surface area contributed by atoms with Gasteiger partial charge in [0, 0.05) is 17.3 Å². The van der Waals surface area contributed by atoms with Crippen LogP contribution in [0.4, 0.5) is 15.8 Å². The predicted octanol–water partition coefficient (Wildman–Crippen LogP) is 4.55. The summed E-state index contributed by atoms with van der Waals surface area (Å²) in [5.41, 5.74) is 0.968. The summed E-state index contributed by atoms with van der Waals surface area (Å²) in [4.78, 5) is 12.3. The monoisotopic (exact) mass is 464 g/mol. The van der Waals surface area contributed by atoms with Crippen molar-refractivity contribution >= 4 is 38.9 Å². The molecule has 0 radical (unpaired) electrons. The van der Waals surface area contributed by atoms with Gasteiger partial charge < -0.3 is 14.8 Å². The zero-order valence-corrected chi connectivity index (χ0v) is 18.1. The number of amides is 1. The molecule has 2 N–H and O–H groups in total. The number of halogens is 2. The van der Waals surface area contributed by atoms with Crippen LogP contribution in [0.3, 0.4) is 0 Å². The zero-order chi connectivity index (χ0) is 22.6. The molecule has 0 aliphatic carbocycles. The second-order valence-electron chi connectivity index (χ2n) is 6.28. The van der Waals surface area contributed by atoms with Crippen LogP contribution in [0.25, 0.3) is 0 Å². The van der Waals surface area contributed by atoms with Crippen LogP contribution in [-0.2, 0) is 10.0 Å². The van der Waals surface area contributed by atoms with Crippen LogP contribution in [0, 0.1) is 5.82 Å². The quantitative estimate of drug-likeness (QED) is 0.535. The Balaban J connectivity index is 1.74. The number of carbonyl (C=O) groups is 1. The van der Waals surface area contributed by atoms with Gasteiger partial charge in [-0.3, -0.25) is 9.52 Å². The van der Waals surface area contributed by atoms with Crippen LogP contribution in [0.5, 0.6) is 11.5 Å². The van der Waals surface area contributed by atoms with Crippen molar-refractivity contribution in [3.05, 3.63) is 77.1 Å². The Bertz CT molecular complexity index is 1220. The molecule has 0 spiro atoms. The van der Waals surface area contributed by atoms with Crippen molar-refractivity contribution in [2.75, 3.05) is 24.3 Å². The summed E-state index contributed by atoms with van der Waals surface area (Å²) >= 11 is 5.66. The maximum absolute atomic E-state index is 13.3. The summed E-state index contributed by atoms with van der Waals surface area (Å²) in [7, 11) is -0.987. The maximum atomic E-state index is 13.3. The number of methoxy groups -OCH3 is 2. The first kappa shape index (κ1) is 22.4. The van der Waals surface area contributed by atoms with Gasteiger partial charge in [0.15, 0.2) is 0 Å². The minimum absolute atomic E-state index is 0.188. The highest BCUT2D eigenvalue weighted by Gasteiger charge is 2.17. The van der Waals surface area contributed by atoms with Gasteiger partial charge in [-0.25, -0.2) is 12.8 Å². The van der Waals surface area contributed by atoms with E-state index in [4.69, 9.17) is 21.1 Å². The Morgan fingerprint density at radius 1 is 0.968 bits per heavy atom. The third kappa shape index (κ3) is 5.25. The molecule has 0 bridgehead atoms. The minimum atomic E-state index is -3.98. The number of anilines is 2. The molecule has 0 aromatic heterocycles. The van der Waals surface area contributed by atoms with E-state index < -0.39 is 21.7 Å². The van der Waals surface area contributed by atoms with Gasteiger partial charge in [-0.05, 0) is 54.6 Å². The van der Waals surface area contributed by atoms with Crippen molar-refractivity contribution < 1.29 is 27.1 Å². The Hall–Kier alpha value is -3.30. The molecule has 3 aromatic rings. The molecule has 10 heteroatoms. The molecule has 0 heterocycles. The van der Waals surface area contributed by atoms with Crippen molar-refractivity contribution in [2.45, 2.75) is 4.90 Å². The third-order valence-electron chi connectivity index (χ3n) is 4.26. The smallest absolute Gasteiger partial charge is 0.261 e. The second kappa shape index (κ2) is 9.23. The average Bonchev–Trinajstić information content (AvgIpc) is 2.76. The van der Waals surface area contributed by atoms with Crippen LogP contribution < -0.4 is 19.5 Å². The summed E-state index contributed by atoms with van der Waals surface area (Å²) in [6.45, 7) is 0. The number of rotatable bonds is 7. The van der Waals surface area contributed by atoms with Gasteiger partial charge in [0.1, 0.15) is 17.3 Å². The Labute approximate surface area is 183 Å². The Kier molecular flexibility index (Phi) is 6.67. The van der Waals surface area contributed by atoms with E-state index in [-0.39, 0.29) is 15.6 Å². The first-order valence-electron chi connectivity index (χ1n) is 8.85. The first-order chi connectivity index (χ1) is 14.7. The number of ether oxygens (including phenoxy) is 2. The van der Waals surface area contributed by atoms with Gasteiger partial charge in [0.2, 0.25) is 0 Å². The molecule has 7 nitrogen and oxygen atoms in total. The highest BCUT2D eigenvalue weighted by molar-refractivity contribution is 7.92. The molecule has 1 amide bonds.